The number of nitrogens with two attached hydrogens (primary N) is 1. The van der Waals surface area contributed by atoms with Crippen LogP contribution in [0.25, 0.3) is 0 Å². The molecule has 0 aliphatic heterocycles. The Labute approximate surface area is 88.1 Å². The third kappa shape index (κ3) is 5.07. The third-order valence-electron chi connectivity index (χ3n) is 1.77. The van der Waals surface area contributed by atoms with Gasteiger partial charge in [-0.2, -0.15) is 0 Å². The molecule has 0 atom stereocenters. The van der Waals surface area contributed by atoms with Gasteiger partial charge in [-0.15, -0.1) is 0 Å². The van der Waals surface area contributed by atoms with Crippen molar-refractivity contribution in [2.45, 2.75) is 38.8 Å². The van der Waals surface area contributed by atoms with E-state index in [0.717, 1.165) is 12.5 Å². The maximum Gasteiger partial charge on any atom is 0.500 e. The standard InChI is InChI=1S/C9H23NO3Si/c1-9(2,3)13-14(11-4,12-5)8-6-7-10/h6-8,10H2,1-5H3. The van der Waals surface area contributed by atoms with Crippen molar-refractivity contribution in [1.29, 1.82) is 0 Å². The van der Waals surface area contributed by atoms with Crippen LogP contribution in [0.1, 0.15) is 27.2 Å². The predicted molar refractivity (Wildman–Crippen MR) is 59.1 cm³/mol. The van der Waals surface area contributed by atoms with E-state index < -0.39 is 8.80 Å². The first-order valence-electron chi connectivity index (χ1n) is 4.89. The first-order valence-corrected chi connectivity index (χ1v) is 6.83. The van der Waals surface area contributed by atoms with Crippen molar-refractivity contribution in [1.82, 2.24) is 0 Å². The lowest BCUT2D eigenvalue weighted by Gasteiger charge is -2.33. The molecule has 0 radical (unpaired) electrons. The van der Waals surface area contributed by atoms with Gasteiger partial charge in [0.2, 0.25) is 0 Å². The van der Waals surface area contributed by atoms with Crippen LogP contribution in [0, 0.1) is 0 Å². The molecule has 0 fully saturated rings. The molecule has 0 rings (SSSR count). The van der Waals surface area contributed by atoms with Gasteiger partial charge in [0, 0.05) is 20.3 Å². The summed E-state index contributed by atoms with van der Waals surface area (Å²) in [6, 6.07) is 0.772. The van der Waals surface area contributed by atoms with Gasteiger partial charge in [0.25, 0.3) is 0 Å². The van der Waals surface area contributed by atoms with Crippen molar-refractivity contribution in [3.8, 4) is 0 Å². The second kappa shape index (κ2) is 5.82. The fourth-order valence-electron chi connectivity index (χ4n) is 1.21. The summed E-state index contributed by atoms with van der Waals surface area (Å²) in [4.78, 5) is 0. The summed E-state index contributed by atoms with van der Waals surface area (Å²) in [5.74, 6) is 0. The maximum atomic E-state index is 5.86. The minimum absolute atomic E-state index is 0.243. The molecular weight excluding hydrogens is 198 g/mol. The van der Waals surface area contributed by atoms with Gasteiger partial charge in [0.15, 0.2) is 0 Å². The number of hydrogen-bond donors (Lipinski definition) is 1. The molecule has 0 aliphatic carbocycles. The molecule has 0 heterocycles. The van der Waals surface area contributed by atoms with E-state index in [2.05, 4.69) is 0 Å². The fourth-order valence-corrected chi connectivity index (χ4v) is 3.62. The molecule has 5 heteroatoms. The van der Waals surface area contributed by atoms with E-state index >= 15 is 0 Å². The average Bonchev–Trinajstić information content (AvgIpc) is 2.10. The predicted octanol–water partition coefficient (Wildman–Crippen LogP) is 1.38. The molecule has 0 saturated heterocycles. The molecule has 2 N–H and O–H groups in total. The Kier molecular flexibility index (Phi) is 5.85. The highest BCUT2D eigenvalue weighted by atomic mass is 28.4. The highest BCUT2D eigenvalue weighted by Crippen LogP contribution is 2.22. The molecule has 0 unspecified atom stereocenters. The minimum atomic E-state index is -2.48. The summed E-state index contributed by atoms with van der Waals surface area (Å²) in [6.07, 6.45) is 0.865. The van der Waals surface area contributed by atoms with Crippen molar-refractivity contribution < 1.29 is 13.3 Å². The molecular formula is C9H23NO3Si. The lowest BCUT2D eigenvalue weighted by molar-refractivity contribution is 0.0163. The molecule has 0 spiro atoms. The first kappa shape index (κ1) is 14.1. The molecule has 86 valence electrons. The van der Waals surface area contributed by atoms with Crippen molar-refractivity contribution in [2.75, 3.05) is 20.8 Å². The number of hydrogen-bond acceptors (Lipinski definition) is 4. The fraction of sp³-hybridized carbons (Fsp3) is 1.00. The summed E-state index contributed by atoms with van der Waals surface area (Å²) >= 11 is 0. The SMILES string of the molecule is CO[Si](CCCN)(OC)OC(C)(C)C. The summed E-state index contributed by atoms with van der Waals surface area (Å²) in [7, 11) is 0.794. The second-order valence-corrected chi connectivity index (χ2v) is 7.08. The van der Waals surface area contributed by atoms with Crippen molar-refractivity contribution in [3.05, 3.63) is 0 Å². The molecule has 0 aromatic rings. The average molecular weight is 221 g/mol. The lowest BCUT2D eigenvalue weighted by atomic mass is 10.2. The van der Waals surface area contributed by atoms with Crippen LogP contribution in [0.15, 0.2) is 0 Å². The van der Waals surface area contributed by atoms with Crippen molar-refractivity contribution >= 4 is 8.80 Å². The van der Waals surface area contributed by atoms with Crippen molar-refractivity contribution in [2.24, 2.45) is 5.73 Å². The van der Waals surface area contributed by atoms with Crippen LogP contribution < -0.4 is 5.73 Å². The Morgan fingerprint density at radius 1 is 1.14 bits per heavy atom. The van der Waals surface area contributed by atoms with Gasteiger partial charge in [-0.3, -0.25) is 0 Å². The van der Waals surface area contributed by atoms with E-state index in [0.29, 0.717) is 6.54 Å². The Morgan fingerprint density at radius 3 is 1.93 bits per heavy atom. The molecule has 0 amide bonds. The zero-order valence-corrected chi connectivity index (χ0v) is 10.9. The molecule has 0 saturated carbocycles. The maximum absolute atomic E-state index is 5.86. The van der Waals surface area contributed by atoms with Gasteiger partial charge in [-0.25, -0.2) is 0 Å². The highest BCUT2D eigenvalue weighted by molar-refractivity contribution is 6.60. The van der Waals surface area contributed by atoms with Gasteiger partial charge >= 0.3 is 8.80 Å². The van der Waals surface area contributed by atoms with Crippen LogP contribution in [0.5, 0.6) is 0 Å². The quantitative estimate of drug-likeness (QED) is 0.689. The zero-order chi connectivity index (χ0) is 11.2. The lowest BCUT2D eigenvalue weighted by Crippen LogP contribution is -2.49. The van der Waals surface area contributed by atoms with Crippen LogP contribution in [0.4, 0.5) is 0 Å². The largest absolute Gasteiger partial charge is 0.500 e. The van der Waals surface area contributed by atoms with Gasteiger partial charge in [-0.1, -0.05) is 0 Å². The molecule has 0 aliphatic rings. The normalized spacial score (nSPS) is 13.3. The van der Waals surface area contributed by atoms with Crippen molar-refractivity contribution in [3.63, 3.8) is 0 Å². The molecule has 0 aromatic carbocycles. The Bertz CT molecular complexity index is 155. The van der Waals surface area contributed by atoms with Crippen LogP contribution in [0.3, 0.4) is 0 Å². The topological polar surface area (TPSA) is 53.7 Å². The van der Waals surface area contributed by atoms with E-state index in [1.165, 1.54) is 0 Å². The van der Waals surface area contributed by atoms with Gasteiger partial charge in [0.05, 0.1) is 5.60 Å². The Balaban J connectivity index is 4.36. The van der Waals surface area contributed by atoms with E-state index in [9.17, 15) is 0 Å². The van der Waals surface area contributed by atoms with Crippen LogP contribution >= 0.6 is 0 Å². The van der Waals surface area contributed by atoms with Crippen LogP contribution in [0.2, 0.25) is 6.04 Å². The van der Waals surface area contributed by atoms with Crippen LogP contribution in [-0.4, -0.2) is 35.2 Å². The monoisotopic (exact) mass is 221 g/mol. The summed E-state index contributed by atoms with van der Waals surface area (Å²) in [6.45, 7) is 6.62. The van der Waals surface area contributed by atoms with Gasteiger partial charge < -0.3 is 19.0 Å². The molecule has 4 nitrogen and oxygen atoms in total. The van der Waals surface area contributed by atoms with E-state index in [1.54, 1.807) is 14.2 Å². The summed E-state index contributed by atoms with van der Waals surface area (Å²) in [5, 5.41) is 0. The summed E-state index contributed by atoms with van der Waals surface area (Å²) < 4.78 is 16.7. The Hall–Kier alpha value is 0.0569. The summed E-state index contributed by atoms with van der Waals surface area (Å²) in [5.41, 5.74) is 5.22. The third-order valence-corrected chi connectivity index (χ3v) is 4.90. The first-order chi connectivity index (χ1) is 6.39. The molecule has 14 heavy (non-hydrogen) atoms. The van der Waals surface area contributed by atoms with Crippen LogP contribution in [-0.2, 0) is 13.3 Å². The highest BCUT2D eigenvalue weighted by Gasteiger charge is 2.41. The Morgan fingerprint density at radius 2 is 1.64 bits per heavy atom. The van der Waals surface area contributed by atoms with Gasteiger partial charge in [0.1, 0.15) is 0 Å². The second-order valence-electron chi connectivity index (χ2n) is 4.20. The van der Waals surface area contributed by atoms with E-state index in [4.69, 9.17) is 19.0 Å². The van der Waals surface area contributed by atoms with E-state index in [1.807, 2.05) is 20.8 Å². The molecule has 0 aromatic heterocycles. The zero-order valence-electron chi connectivity index (χ0n) is 9.92. The van der Waals surface area contributed by atoms with Gasteiger partial charge in [-0.05, 0) is 33.7 Å². The van der Waals surface area contributed by atoms with E-state index in [-0.39, 0.29) is 5.60 Å². The smallest absolute Gasteiger partial charge is 0.377 e. The number of rotatable bonds is 6. The minimum Gasteiger partial charge on any atom is -0.377 e. The molecule has 0 bridgehead atoms.